The first-order valence-electron chi connectivity index (χ1n) is 6.47. The van der Waals surface area contributed by atoms with Gasteiger partial charge in [0.25, 0.3) is 0 Å². The van der Waals surface area contributed by atoms with E-state index in [4.69, 9.17) is 10.5 Å². The Bertz CT molecular complexity index is 329. The molecule has 2 N–H and O–H groups in total. The summed E-state index contributed by atoms with van der Waals surface area (Å²) in [6.07, 6.45) is 0.269. The Morgan fingerprint density at radius 3 is 2.72 bits per heavy atom. The van der Waals surface area contributed by atoms with Crippen LogP contribution in [-0.4, -0.2) is 67.0 Å². The Kier molecular flexibility index (Phi) is 4.19. The first-order chi connectivity index (χ1) is 8.58. The van der Waals surface area contributed by atoms with Crippen LogP contribution < -0.4 is 5.73 Å². The maximum atomic E-state index is 11.8. The zero-order chi connectivity index (χ0) is 13.1. The van der Waals surface area contributed by atoms with Crippen molar-refractivity contribution in [1.29, 1.82) is 0 Å². The van der Waals surface area contributed by atoms with Crippen molar-refractivity contribution >= 4 is 11.8 Å². The molecule has 0 spiro atoms. The summed E-state index contributed by atoms with van der Waals surface area (Å²) >= 11 is 0. The van der Waals surface area contributed by atoms with Crippen LogP contribution in [0.15, 0.2) is 0 Å². The standard InChI is InChI=1S/C12H21N3O3/c1-9(14-2-4-18-5-3-14)7-15-8-10(12(13)17)6-11(15)16/h9-10H,2-8H2,1H3,(H2,13,17). The molecule has 18 heavy (non-hydrogen) atoms. The molecule has 2 rings (SSSR count). The van der Waals surface area contributed by atoms with Gasteiger partial charge < -0.3 is 15.4 Å². The molecular formula is C12H21N3O3. The Balaban J connectivity index is 1.85. The number of primary amides is 1. The Morgan fingerprint density at radius 2 is 2.17 bits per heavy atom. The number of hydrogen-bond acceptors (Lipinski definition) is 4. The number of morpholine rings is 1. The van der Waals surface area contributed by atoms with E-state index in [2.05, 4.69) is 11.8 Å². The molecule has 2 heterocycles. The predicted molar refractivity (Wildman–Crippen MR) is 65.7 cm³/mol. The Hall–Kier alpha value is -1.14. The van der Waals surface area contributed by atoms with Crippen molar-refractivity contribution in [3.8, 4) is 0 Å². The fourth-order valence-corrected chi connectivity index (χ4v) is 2.59. The number of carbonyl (C=O) groups is 2. The number of ether oxygens (including phenoxy) is 1. The lowest BCUT2D eigenvalue weighted by atomic mass is 10.1. The Labute approximate surface area is 107 Å². The number of hydrogen-bond donors (Lipinski definition) is 1. The third-order valence-corrected chi connectivity index (χ3v) is 3.77. The lowest BCUT2D eigenvalue weighted by molar-refractivity contribution is -0.129. The van der Waals surface area contributed by atoms with E-state index in [0.717, 1.165) is 26.3 Å². The number of amides is 2. The van der Waals surface area contributed by atoms with E-state index >= 15 is 0 Å². The van der Waals surface area contributed by atoms with Gasteiger partial charge in [-0.3, -0.25) is 14.5 Å². The lowest BCUT2D eigenvalue weighted by Crippen LogP contribution is -2.47. The first kappa shape index (κ1) is 13.3. The van der Waals surface area contributed by atoms with Crippen LogP contribution in [-0.2, 0) is 14.3 Å². The molecule has 2 aliphatic rings. The molecule has 6 nitrogen and oxygen atoms in total. The molecule has 2 atom stereocenters. The molecule has 0 bridgehead atoms. The van der Waals surface area contributed by atoms with Crippen molar-refractivity contribution in [2.75, 3.05) is 39.4 Å². The van der Waals surface area contributed by atoms with E-state index in [1.165, 1.54) is 0 Å². The largest absolute Gasteiger partial charge is 0.379 e. The van der Waals surface area contributed by atoms with Crippen molar-refractivity contribution in [3.05, 3.63) is 0 Å². The third-order valence-electron chi connectivity index (χ3n) is 3.77. The van der Waals surface area contributed by atoms with Crippen LogP contribution in [0.25, 0.3) is 0 Å². The van der Waals surface area contributed by atoms with Gasteiger partial charge in [0, 0.05) is 38.6 Å². The normalized spacial score (nSPS) is 27.5. The van der Waals surface area contributed by atoms with Gasteiger partial charge in [-0.05, 0) is 6.92 Å². The molecule has 2 aliphatic heterocycles. The number of likely N-dealkylation sites (tertiary alicyclic amines) is 1. The molecule has 2 saturated heterocycles. The molecule has 0 saturated carbocycles. The summed E-state index contributed by atoms with van der Waals surface area (Å²) in [5, 5.41) is 0. The average Bonchev–Trinajstić information content (AvgIpc) is 2.72. The smallest absolute Gasteiger partial charge is 0.223 e. The highest BCUT2D eigenvalue weighted by molar-refractivity contribution is 5.88. The second-order valence-corrected chi connectivity index (χ2v) is 5.10. The van der Waals surface area contributed by atoms with Crippen LogP contribution in [0.3, 0.4) is 0 Å². The van der Waals surface area contributed by atoms with E-state index in [1.54, 1.807) is 4.90 Å². The van der Waals surface area contributed by atoms with Crippen LogP contribution in [0.5, 0.6) is 0 Å². The van der Waals surface area contributed by atoms with Gasteiger partial charge >= 0.3 is 0 Å². The summed E-state index contributed by atoms with van der Waals surface area (Å²) < 4.78 is 5.31. The van der Waals surface area contributed by atoms with Gasteiger partial charge in [-0.25, -0.2) is 0 Å². The van der Waals surface area contributed by atoms with E-state index < -0.39 is 0 Å². The summed E-state index contributed by atoms with van der Waals surface area (Å²) in [5.41, 5.74) is 5.25. The fraction of sp³-hybridized carbons (Fsp3) is 0.833. The van der Waals surface area contributed by atoms with Crippen LogP contribution >= 0.6 is 0 Å². The van der Waals surface area contributed by atoms with Crippen LogP contribution in [0.2, 0.25) is 0 Å². The average molecular weight is 255 g/mol. The van der Waals surface area contributed by atoms with Gasteiger partial charge in [-0.15, -0.1) is 0 Å². The predicted octanol–water partition coefficient (Wildman–Crippen LogP) is -0.959. The van der Waals surface area contributed by atoms with Gasteiger partial charge in [-0.2, -0.15) is 0 Å². The number of rotatable bonds is 4. The molecule has 0 aliphatic carbocycles. The topological polar surface area (TPSA) is 75.9 Å². The quantitative estimate of drug-likeness (QED) is 0.702. The van der Waals surface area contributed by atoms with Gasteiger partial charge in [-0.1, -0.05) is 0 Å². The van der Waals surface area contributed by atoms with E-state index in [1.807, 2.05) is 0 Å². The van der Waals surface area contributed by atoms with Crippen LogP contribution in [0.1, 0.15) is 13.3 Å². The molecule has 0 radical (unpaired) electrons. The number of nitrogens with zero attached hydrogens (tertiary/aromatic N) is 2. The van der Waals surface area contributed by atoms with Gasteiger partial charge in [0.05, 0.1) is 19.1 Å². The van der Waals surface area contributed by atoms with E-state index in [9.17, 15) is 9.59 Å². The zero-order valence-corrected chi connectivity index (χ0v) is 10.8. The minimum Gasteiger partial charge on any atom is -0.379 e. The van der Waals surface area contributed by atoms with Crippen molar-refractivity contribution < 1.29 is 14.3 Å². The molecular weight excluding hydrogens is 234 g/mol. The van der Waals surface area contributed by atoms with Gasteiger partial charge in [0.15, 0.2) is 0 Å². The van der Waals surface area contributed by atoms with E-state index in [-0.39, 0.29) is 24.2 Å². The van der Waals surface area contributed by atoms with E-state index in [0.29, 0.717) is 19.1 Å². The second-order valence-electron chi connectivity index (χ2n) is 5.10. The zero-order valence-electron chi connectivity index (χ0n) is 10.8. The van der Waals surface area contributed by atoms with Crippen molar-refractivity contribution in [3.63, 3.8) is 0 Å². The maximum Gasteiger partial charge on any atom is 0.223 e. The van der Waals surface area contributed by atoms with Crippen molar-refractivity contribution in [1.82, 2.24) is 9.80 Å². The molecule has 2 amide bonds. The minimum absolute atomic E-state index is 0.0407. The van der Waals surface area contributed by atoms with Gasteiger partial charge in [0.1, 0.15) is 0 Å². The highest BCUT2D eigenvalue weighted by Crippen LogP contribution is 2.18. The minimum atomic E-state index is -0.370. The number of nitrogens with two attached hydrogens (primary N) is 1. The highest BCUT2D eigenvalue weighted by Gasteiger charge is 2.34. The van der Waals surface area contributed by atoms with Crippen LogP contribution in [0.4, 0.5) is 0 Å². The fourth-order valence-electron chi connectivity index (χ4n) is 2.59. The summed E-state index contributed by atoms with van der Waals surface area (Å²) in [6, 6.07) is 0.296. The lowest BCUT2D eigenvalue weighted by Gasteiger charge is -2.34. The third kappa shape index (κ3) is 3.00. The first-order valence-corrected chi connectivity index (χ1v) is 6.47. The summed E-state index contributed by atoms with van der Waals surface area (Å²) in [4.78, 5) is 27.0. The monoisotopic (exact) mass is 255 g/mol. The van der Waals surface area contributed by atoms with Crippen molar-refractivity contribution in [2.45, 2.75) is 19.4 Å². The summed E-state index contributed by atoms with van der Waals surface area (Å²) in [7, 11) is 0. The maximum absolute atomic E-state index is 11.8. The molecule has 6 heteroatoms. The number of carbonyl (C=O) groups excluding carboxylic acids is 2. The highest BCUT2D eigenvalue weighted by atomic mass is 16.5. The molecule has 0 aromatic rings. The van der Waals surface area contributed by atoms with Crippen molar-refractivity contribution in [2.24, 2.45) is 11.7 Å². The molecule has 102 valence electrons. The summed E-state index contributed by atoms with van der Waals surface area (Å²) in [6.45, 7) is 6.57. The Morgan fingerprint density at radius 1 is 1.50 bits per heavy atom. The molecule has 0 aromatic carbocycles. The molecule has 2 fully saturated rings. The SMILES string of the molecule is CC(CN1CC(C(N)=O)CC1=O)N1CCOCC1. The molecule has 2 unspecified atom stereocenters. The van der Waals surface area contributed by atoms with Crippen LogP contribution in [0, 0.1) is 5.92 Å². The second kappa shape index (κ2) is 5.67. The summed E-state index contributed by atoms with van der Waals surface area (Å²) in [5.74, 6) is -0.641. The molecule has 0 aromatic heterocycles. The van der Waals surface area contributed by atoms with Gasteiger partial charge in [0.2, 0.25) is 11.8 Å².